The van der Waals surface area contributed by atoms with Crippen molar-refractivity contribution < 1.29 is 14.2 Å². The molecule has 30 heavy (non-hydrogen) atoms. The van der Waals surface area contributed by atoms with Gasteiger partial charge in [0.2, 0.25) is 22.6 Å². The number of para-hydroxylation sites is 1. The molecule has 5 heteroatoms. The van der Waals surface area contributed by atoms with E-state index in [1.807, 2.05) is 43.3 Å². The lowest BCUT2D eigenvalue weighted by Crippen LogP contribution is -2.33. The molecule has 0 radical (unpaired) electrons. The summed E-state index contributed by atoms with van der Waals surface area (Å²) < 4.78 is 2.18. The van der Waals surface area contributed by atoms with Gasteiger partial charge >= 0.3 is 0 Å². The van der Waals surface area contributed by atoms with Crippen LogP contribution in [0.1, 0.15) is 30.9 Å². The van der Waals surface area contributed by atoms with E-state index in [1.165, 1.54) is 6.92 Å². The molecule has 0 bridgehead atoms. The summed E-state index contributed by atoms with van der Waals surface area (Å²) in [7, 11) is 0. The molecular formula is C25H24N3O2+. The zero-order valence-electron chi connectivity index (χ0n) is 17.4. The van der Waals surface area contributed by atoms with Crippen LogP contribution in [0.3, 0.4) is 0 Å². The lowest BCUT2D eigenvalue weighted by atomic mass is 10.1. The van der Waals surface area contributed by atoms with E-state index in [9.17, 15) is 9.59 Å². The van der Waals surface area contributed by atoms with Gasteiger partial charge in [-0.15, -0.1) is 4.57 Å². The molecule has 1 heterocycles. The standard InChI is InChI=1S/C25H23N3O2/c1-16-9-11-20-22(14-16)28(19-7-5-4-6-8-19)23-15-17(2)13-21(25(23)27-20)26-24(30)12-10-18(3)29/h4-9,11,13-15H,10,12H2,1-3H3/p+1. The predicted molar refractivity (Wildman–Crippen MR) is 119 cm³/mol. The molecule has 0 aliphatic heterocycles. The number of anilines is 1. The fourth-order valence-electron chi connectivity index (χ4n) is 3.66. The van der Waals surface area contributed by atoms with Gasteiger partial charge < -0.3 is 10.1 Å². The van der Waals surface area contributed by atoms with Crippen molar-refractivity contribution in [3.05, 3.63) is 71.8 Å². The lowest BCUT2D eigenvalue weighted by molar-refractivity contribution is -0.538. The Hall–Kier alpha value is -3.60. The van der Waals surface area contributed by atoms with Gasteiger partial charge in [-0.3, -0.25) is 4.79 Å². The summed E-state index contributed by atoms with van der Waals surface area (Å²) in [6.07, 6.45) is 0.394. The Balaban J connectivity index is 1.97. The largest absolute Gasteiger partial charge is 0.324 e. The minimum atomic E-state index is -0.186. The maximum absolute atomic E-state index is 12.4. The number of carbonyl (C=O) groups is 2. The summed E-state index contributed by atoms with van der Waals surface area (Å²) in [5.41, 5.74) is 7.35. The lowest BCUT2D eigenvalue weighted by Gasteiger charge is -2.11. The second-order valence-electron chi connectivity index (χ2n) is 7.71. The molecule has 0 aliphatic carbocycles. The molecular weight excluding hydrogens is 374 g/mol. The SMILES string of the molecule is CC(=O)CCC(=O)Nc1cc(C)cc2c1nc1ccc(C)cc1[n+]2-c1ccccc1. The van der Waals surface area contributed by atoms with E-state index in [4.69, 9.17) is 4.98 Å². The van der Waals surface area contributed by atoms with Crippen LogP contribution in [0, 0.1) is 13.8 Å². The maximum atomic E-state index is 12.4. The number of hydrogen-bond donors (Lipinski definition) is 1. The van der Waals surface area contributed by atoms with Gasteiger partial charge in [0.05, 0.1) is 5.69 Å². The first-order chi connectivity index (χ1) is 14.4. The molecule has 0 fully saturated rings. The fourth-order valence-corrected chi connectivity index (χ4v) is 3.66. The van der Waals surface area contributed by atoms with Crippen molar-refractivity contribution in [2.24, 2.45) is 0 Å². The average Bonchev–Trinajstić information content (AvgIpc) is 2.71. The topological polar surface area (TPSA) is 62.9 Å². The Morgan fingerprint density at radius 3 is 2.37 bits per heavy atom. The number of aryl methyl sites for hydroxylation is 2. The van der Waals surface area contributed by atoms with Gasteiger partial charge in [-0.25, -0.2) is 4.98 Å². The van der Waals surface area contributed by atoms with Crippen molar-refractivity contribution in [1.82, 2.24) is 4.98 Å². The number of nitrogens with one attached hydrogen (secondary N) is 1. The number of carbonyl (C=O) groups excluding carboxylic acids is 2. The molecule has 1 aromatic heterocycles. The number of benzene rings is 3. The zero-order chi connectivity index (χ0) is 21.3. The van der Waals surface area contributed by atoms with Crippen LogP contribution in [0.15, 0.2) is 60.7 Å². The van der Waals surface area contributed by atoms with Crippen LogP contribution in [0.5, 0.6) is 0 Å². The van der Waals surface area contributed by atoms with Crippen molar-refractivity contribution in [2.45, 2.75) is 33.6 Å². The van der Waals surface area contributed by atoms with Gasteiger partial charge in [-0.1, -0.05) is 24.3 Å². The fraction of sp³-hybridized carbons (Fsp3) is 0.200. The number of nitrogens with zero attached hydrogens (tertiary/aromatic N) is 2. The van der Waals surface area contributed by atoms with Gasteiger partial charge in [-0.05, 0) is 44.0 Å². The summed E-state index contributed by atoms with van der Waals surface area (Å²) in [6.45, 7) is 5.56. The van der Waals surface area contributed by atoms with E-state index >= 15 is 0 Å². The van der Waals surface area contributed by atoms with E-state index in [-0.39, 0.29) is 24.5 Å². The third-order valence-corrected chi connectivity index (χ3v) is 5.07. The monoisotopic (exact) mass is 398 g/mol. The number of hydrogen-bond acceptors (Lipinski definition) is 3. The highest BCUT2D eigenvalue weighted by atomic mass is 16.2. The Bertz CT molecular complexity index is 1280. The van der Waals surface area contributed by atoms with Gasteiger partial charge in [0.1, 0.15) is 11.3 Å². The van der Waals surface area contributed by atoms with Crippen LogP contribution in [0.4, 0.5) is 5.69 Å². The molecule has 150 valence electrons. The molecule has 5 nitrogen and oxygen atoms in total. The molecule has 0 atom stereocenters. The molecule has 0 saturated carbocycles. The Morgan fingerprint density at radius 1 is 0.900 bits per heavy atom. The smallest absolute Gasteiger partial charge is 0.239 e. The number of fused-ring (bicyclic) bond motifs is 2. The highest BCUT2D eigenvalue weighted by Gasteiger charge is 2.22. The van der Waals surface area contributed by atoms with Crippen molar-refractivity contribution in [2.75, 3.05) is 5.32 Å². The summed E-state index contributed by atoms with van der Waals surface area (Å²) in [5, 5.41) is 2.97. The Kier molecular flexibility index (Phi) is 5.27. The molecule has 1 N–H and O–H groups in total. The van der Waals surface area contributed by atoms with Gasteiger partial charge in [0, 0.05) is 37.1 Å². The van der Waals surface area contributed by atoms with Crippen LogP contribution in [-0.4, -0.2) is 16.7 Å². The number of rotatable bonds is 5. The van der Waals surface area contributed by atoms with Crippen LogP contribution >= 0.6 is 0 Å². The minimum absolute atomic E-state index is 0.000610. The number of aromatic nitrogens is 2. The first kappa shape index (κ1) is 19.7. The van der Waals surface area contributed by atoms with Crippen molar-refractivity contribution in [3.8, 4) is 5.69 Å². The van der Waals surface area contributed by atoms with Crippen molar-refractivity contribution in [1.29, 1.82) is 0 Å². The third-order valence-electron chi connectivity index (χ3n) is 5.07. The number of amides is 1. The first-order valence-electron chi connectivity index (χ1n) is 10.0. The van der Waals surface area contributed by atoms with Gasteiger partial charge in [0.25, 0.3) is 0 Å². The van der Waals surface area contributed by atoms with Crippen LogP contribution < -0.4 is 9.88 Å². The average molecular weight is 398 g/mol. The number of ketones is 1. The van der Waals surface area contributed by atoms with Gasteiger partial charge in [0.15, 0.2) is 5.52 Å². The summed E-state index contributed by atoms with van der Waals surface area (Å²) in [6, 6.07) is 20.3. The minimum Gasteiger partial charge on any atom is -0.324 e. The molecule has 4 aromatic rings. The quantitative estimate of drug-likeness (QED) is 0.395. The first-order valence-corrected chi connectivity index (χ1v) is 10.0. The second-order valence-corrected chi connectivity index (χ2v) is 7.71. The molecule has 0 aliphatic rings. The van der Waals surface area contributed by atoms with E-state index in [2.05, 4.69) is 41.1 Å². The second kappa shape index (κ2) is 8.03. The van der Waals surface area contributed by atoms with Crippen molar-refractivity contribution in [3.63, 3.8) is 0 Å². The molecule has 0 spiro atoms. The van der Waals surface area contributed by atoms with E-state index in [0.717, 1.165) is 38.9 Å². The summed E-state index contributed by atoms with van der Waals surface area (Å²) >= 11 is 0. The summed E-state index contributed by atoms with van der Waals surface area (Å²) in [4.78, 5) is 28.6. The molecule has 4 rings (SSSR count). The Morgan fingerprint density at radius 2 is 1.63 bits per heavy atom. The Labute approximate surface area is 175 Å². The van der Waals surface area contributed by atoms with Crippen molar-refractivity contribution >= 4 is 39.4 Å². The van der Waals surface area contributed by atoms with Crippen LogP contribution in [-0.2, 0) is 9.59 Å². The molecule has 1 amide bonds. The number of Topliss-reactive ketones (excluding diaryl/α,β-unsaturated/α-hetero) is 1. The summed E-state index contributed by atoms with van der Waals surface area (Å²) in [5.74, 6) is -0.185. The molecule has 0 saturated heterocycles. The molecule has 3 aromatic carbocycles. The van der Waals surface area contributed by atoms with Crippen LogP contribution in [0.2, 0.25) is 0 Å². The van der Waals surface area contributed by atoms with Gasteiger partial charge in [-0.2, -0.15) is 0 Å². The van der Waals surface area contributed by atoms with E-state index in [1.54, 1.807) is 0 Å². The predicted octanol–water partition coefficient (Wildman–Crippen LogP) is 4.59. The third kappa shape index (κ3) is 3.92. The zero-order valence-corrected chi connectivity index (χ0v) is 17.4. The molecule has 0 unspecified atom stereocenters. The van der Waals surface area contributed by atoms with E-state index in [0.29, 0.717) is 5.69 Å². The van der Waals surface area contributed by atoms with E-state index < -0.39 is 0 Å². The maximum Gasteiger partial charge on any atom is 0.239 e. The highest BCUT2D eigenvalue weighted by Crippen LogP contribution is 2.26. The highest BCUT2D eigenvalue weighted by molar-refractivity contribution is 6.01. The van der Waals surface area contributed by atoms with Crippen LogP contribution in [0.25, 0.3) is 27.8 Å². The normalized spacial score (nSPS) is 11.0.